The van der Waals surface area contributed by atoms with E-state index in [2.05, 4.69) is 4.85 Å². The van der Waals surface area contributed by atoms with Crippen LogP contribution in [-0.4, -0.2) is 24.7 Å². The van der Waals surface area contributed by atoms with Crippen LogP contribution in [0.4, 0.5) is 17.1 Å². The first kappa shape index (κ1) is 16.0. The van der Waals surface area contributed by atoms with Crippen LogP contribution in [0, 0.1) is 13.5 Å². The number of methoxy groups -OCH3 is 1. The van der Waals surface area contributed by atoms with E-state index in [4.69, 9.17) is 23.5 Å². The highest BCUT2D eigenvalue weighted by atomic mass is 32.1. The van der Waals surface area contributed by atoms with Gasteiger partial charge in [0.1, 0.15) is 12.3 Å². The average molecular weight is 337 g/mol. The van der Waals surface area contributed by atoms with Crippen LogP contribution in [0.25, 0.3) is 4.85 Å². The first-order valence-electron chi connectivity index (χ1n) is 7.32. The van der Waals surface area contributed by atoms with Gasteiger partial charge in [-0.3, -0.25) is 9.69 Å². The second-order valence-electron chi connectivity index (χ2n) is 5.38. The lowest BCUT2D eigenvalue weighted by Crippen LogP contribution is -2.32. The Morgan fingerprint density at radius 2 is 1.83 bits per heavy atom. The fourth-order valence-corrected chi connectivity index (χ4v) is 3.00. The van der Waals surface area contributed by atoms with Gasteiger partial charge in [-0.2, -0.15) is 0 Å². The number of rotatable bonds is 3. The lowest BCUT2D eigenvalue weighted by molar-refractivity contribution is -0.115. The molecule has 0 saturated carbocycles. The van der Waals surface area contributed by atoms with Crippen LogP contribution in [-0.2, 0) is 4.79 Å². The van der Waals surface area contributed by atoms with Crippen LogP contribution in [0.15, 0.2) is 42.5 Å². The number of carbonyl (C=O) groups is 1. The smallest absolute Gasteiger partial charge is 0.253 e. The van der Waals surface area contributed by atoms with Gasteiger partial charge in [0.2, 0.25) is 0 Å². The number of aryl methyl sites for hydroxylation is 1. The van der Waals surface area contributed by atoms with E-state index in [0.29, 0.717) is 16.5 Å². The number of ether oxygens (including phenoxy) is 1. The van der Waals surface area contributed by atoms with E-state index in [0.717, 1.165) is 17.0 Å². The molecule has 1 aliphatic rings. The normalized spacial score (nSPS) is 14.0. The summed E-state index contributed by atoms with van der Waals surface area (Å²) in [6.07, 6.45) is 0. The molecule has 0 spiro atoms. The van der Waals surface area contributed by atoms with Crippen molar-refractivity contribution in [2.45, 2.75) is 6.92 Å². The standard InChI is InChI=1S/C18H15N3O2S/c1-12-10-14(6-9-16(12)19-2)21-17(22)11-20(18(21)24)13-4-7-15(23-3)8-5-13/h4-10H,11H2,1,3H3. The predicted octanol–water partition coefficient (Wildman–Crippen LogP) is 3.69. The van der Waals surface area contributed by atoms with Crippen molar-refractivity contribution in [2.24, 2.45) is 0 Å². The molecule has 0 aromatic heterocycles. The average Bonchev–Trinajstić information content (AvgIpc) is 2.89. The number of hydrogen-bond donors (Lipinski definition) is 0. The Labute approximate surface area is 145 Å². The molecule has 0 atom stereocenters. The number of nitrogens with zero attached hydrogens (tertiary/aromatic N) is 3. The van der Waals surface area contributed by atoms with Crippen molar-refractivity contribution in [2.75, 3.05) is 23.5 Å². The maximum atomic E-state index is 12.5. The molecule has 2 aromatic rings. The largest absolute Gasteiger partial charge is 0.497 e. The van der Waals surface area contributed by atoms with Gasteiger partial charge in [-0.25, -0.2) is 4.85 Å². The molecule has 0 radical (unpaired) electrons. The van der Waals surface area contributed by atoms with Gasteiger partial charge in [0.25, 0.3) is 5.91 Å². The lowest BCUT2D eigenvalue weighted by Gasteiger charge is -2.21. The fourth-order valence-electron chi connectivity index (χ4n) is 2.62. The second kappa shape index (κ2) is 6.30. The van der Waals surface area contributed by atoms with Gasteiger partial charge in [-0.15, -0.1) is 0 Å². The fraction of sp³-hybridized carbons (Fsp3) is 0.167. The predicted molar refractivity (Wildman–Crippen MR) is 97.9 cm³/mol. The molecule has 1 aliphatic heterocycles. The van der Waals surface area contributed by atoms with Crippen LogP contribution in [0.3, 0.4) is 0 Å². The van der Waals surface area contributed by atoms with Crippen molar-refractivity contribution in [3.8, 4) is 5.75 Å². The van der Waals surface area contributed by atoms with Crippen molar-refractivity contribution in [1.82, 2.24) is 0 Å². The summed E-state index contributed by atoms with van der Waals surface area (Å²) in [6, 6.07) is 12.7. The molecule has 0 N–H and O–H groups in total. The molecule has 24 heavy (non-hydrogen) atoms. The quantitative estimate of drug-likeness (QED) is 0.632. The molecule has 3 rings (SSSR count). The molecule has 1 fully saturated rings. The summed E-state index contributed by atoms with van der Waals surface area (Å²) in [4.78, 5) is 19.2. The van der Waals surface area contributed by atoms with Gasteiger partial charge in [-0.1, -0.05) is 6.07 Å². The minimum absolute atomic E-state index is 0.0919. The van der Waals surface area contributed by atoms with Gasteiger partial charge >= 0.3 is 0 Å². The second-order valence-corrected chi connectivity index (χ2v) is 5.74. The zero-order valence-corrected chi connectivity index (χ0v) is 14.1. The Kier molecular flexibility index (Phi) is 4.19. The van der Waals surface area contributed by atoms with Crippen molar-refractivity contribution >= 4 is 40.3 Å². The molecular weight excluding hydrogens is 322 g/mol. The van der Waals surface area contributed by atoms with Gasteiger partial charge in [-0.05, 0) is 61.1 Å². The van der Waals surface area contributed by atoms with E-state index in [9.17, 15) is 4.79 Å². The van der Waals surface area contributed by atoms with Crippen LogP contribution >= 0.6 is 12.2 Å². The molecule has 2 aromatic carbocycles. The van der Waals surface area contributed by atoms with E-state index in [1.54, 1.807) is 24.1 Å². The van der Waals surface area contributed by atoms with Gasteiger partial charge in [0.05, 0.1) is 13.7 Å². The highest BCUT2D eigenvalue weighted by molar-refractivity contribution is 7.81. The highest BCUT2D eigenvalue weighted by Gasteiger charge is 2.34. The first-order chi connectivity index (χ1) is 11.5. The Balaban J connectivity index is 1.91. The molecule has 1 heterocycles. The highest BCUT2D eigenvalue weighted by Crippen LogP contribution is 2.30. The lowest BCUT2D eigenvalue weighted by atomic mass is 10.1. The van der Waals surface area contributed by atoms with Gasteiger partial charge < -0.3 is 9.64 Å². The summed E-state index contributed by atoms with van der Waals surface area (Å²) in [5.74, 6) is 0.656. The number of anilines is 2. The Hall–Kier alpha value is -2.91. The van der Waals surface area contributed by atoms with Crippen molar-refractivity contribution in [1.29, 1.82) is 0 Å². The van der Waals surface area contributed by atoms with Crippen LogP contribution in [0.5, 0.6) is 5.75 Å². The maximum Gasteiger partial charge on any atom is 0.253 e. The zero-order chi connectivity index (χ0) is 17.3. The molecule has 0 unspecified atom stereocenters. The summed E-state index contributed by atoms with van der Waals surface area (Å²) < 4.78 is 5.15. The third-order valence-electron chi connectivity index (χ3n) is 3.91. The number of carbonyl (C=O) groups excluding carboxylic acids is 1. The minimum atomic E-state index is -0.0919. The van der Waals surface area contributed by atoms with E-state index in [1.807, 2.05) is 37.3 Å². The molecule has 1 amide bonds. The molecular formula is C18H15N3O2S. The number of benzene rings is 2. The molecule has 120 valence electrons. The Morgan fingerprint density at radius 3 is 2.42 bits per heavy atom. The Bertz CT molecular complexity index is 856. The van der Waals surface area contributed by atoms with Gasteiger partial charge in [0.15, 0.2) is 10.8 Å². The number of amides is 1. The molecule has 5 nitrogen and oxygen atoms in total. The monoisotopic (exact) mass is 337 g/mol. The summed E-state index contributed by atoms with van der Waals surface area (Å²) in [5, 5.41) is 0.431. The van der Waals surface area contributed by atoms with Crippen LogP contribution in [0.2, 0.25) is 0 Å². The van der Waals surface area contributed by atoms with E-state index in [1.165, 1.54) is 4.90 Å². The summed E-state index contributed by atoms with van der Waals surface area (Å²) in [5.41, 5.74) is 2.92. The first-order valence-corrected chi connectivity index (χ1v) is 7.72. The molecule has 0 bridgehead atoms. The third kappa shape index (κ3) is 2.70. The van der Waals surface area contributed by atoms with Crippen molar-refractivity contribution < 1.29 is 9.53 Å². The zero-order valence-electron chi connectivity index (χ0n) is 13.3. The number of hydrogen-bond acceptors (Lipinski definition) is 3. The third-order valence-corrected chi connectivity index (χ3v) is 4.31. The molecule has 6 heteroatoms. The summed E-state index contributed by atoms with van der Waals surface area (Å²) in [7, 11) is 1.61. The van der Waals surface area contributed by atoms with E-state index >= 15 is 0 Å². The number of thiocarbonyl (C=S) groups is 1. The van der Waals surface area contributed by atoms with Gasteiger partial charge in [0, 0.05) is 11.4 Å². The van der Waals surface area contributed by atoms with Crippen molar-refractivity contribution in [3.05, 3.63) is 59.4 Å². The SMILES string of the molecule is [C-]#[N+]c1ccc(N2C(=O)CN(c3ccc(OC)cc3)C2=S)cc1C. The molecule has 1 saturated heterocycles. The molecule has 0 aliphatic carbocycles. The summed E-state index contributed by atoms with van der Waals surface area (Å²) >= 11 is 5.51. The minimum Gasteiger partial charge on any atom is -0.497 e. The summed E-state index contributed by atoms with van der Waals surface area (Å²) in [6.45, 7) is 9.16. The van der Waals surface area contributed by atoms with Crippen molar-refractivity contribution in [3.63, 3.8) is 0 Å². The van der Waals surface area contributed by atoms with E-state index in [-0.39, 0.29) is 12.5 Å². The Morgan fingerprint density at radius 1 is 1.17 bits per heavy atom. The topological polar surface area (TPSA) is 37.1 Å². The van der Waals surface area contributed by atoms with Crippen LogP contribution < -0.4 is 14.5 Å². The maximum absolute atomic E-state index is 12.5. The van der Waals surface area contributed by atoms with E-state index < -0.39 is 0 Å². The van der Waals surface area contributed by atoms with Crippen LogP contribution in [0.1, 0.15) is 5.56 Å².